The number of ether oxygens (including phenoxy) is 1. The molecule has 0 fully saturated rings. The Morgan fingerprint density at radius 1 is 1.08 bits per heavy atom. The molecular formula is C25H17N5O7S2. The minimum Gasteiger partial charge on any atom is -0.493 e. The predicted molar refractivity (Wildman–Crippen MR) is 142 cm³/mol. The average molecular weight is 564 g/mol. The van der Waals surface area contributed by atoms with Crippen molar-refractivity contribution in [1.82, 2.24) is 10.2 Å². The van der Waals surface area contributed by atoms with Crippen LogP contribution in [0.4, 0.5) is 10.8 Å². The van der Waals surface area contributed by atoms with Gasteiger partial charge < -0.3 is 8.92 Å². The van der Waals surface area contributed by atoms with Crippen LogP contribution < -0.4 is 14.2 Å². The lowest BCUT2D eigenvalue weighted by atomic mass is 10.1. The van der Waals surface area contributed by atoms with E-state index in [4.69, 9.17) is 8.92 Å². The summed E-state index contributed by atoms with van der Waals surface area (Å²) < 4.78 is 35.9. The van der Waals surface area contributed by atoms with Gasteiger partial charge in [0.2, 0.25) is 5.13 Å². The molecule has 0 saturated heterocycles. The number of carbonyl (C=O) groups excluding carboxylic acids is 1. The molecule has 0 atom stereocenters. The van der Waals surface area contributed by atoms with Crippen LogP contribution in [0.1, 0.15) is 20.9 Å². The number of rotatable bonds is 9. The van der Waals surface area contributed by atoms with Crippen LogP contribution in [-0.2, 0) is 10.1 Å². The highest BCUT2D eigenvalue weighted by atomic mass is 32.2. The van der Waals surface area contributed by atoms with Gasteiger partial charge in [0.15, 0.2) is 21.4 Å². The van der Waals surface area contributed by atoms with Gasteiger partial charge in [0.1, 0.15) is 6.07 Å². The topological polar surface area (TPSA) is 174 Å². The van der Waals surface area contributed by atoms with Crippen LogP contribution in [0.2, 0.25) is 0 Å². The third-order valence-electron chi connectivity index (χ3n) is 5.06. The number of hydrogen-bond donors (Lipinski definition) is 1. The number of nitro groups is 1. The molecule has 14 heteroatoms. The van der Waals surface area contributed by atoms with Crippen LogP contribution in [-0.4, -0.2) is 36.6 Å². The minimum atomic E-state index is -4.57. The Labute approximate surface area is 226 Å². The second-order valence-corrected chi connectivity index (χ2v) is 10.1. The number of para-hydroxylation sites is 1. The van der Waals surface area contributed by atoms with Gasteiger partial charge in [-0.1, -0.05) is 47.7 Å². The van der Waals surface area contributed by atoms with E-state index in [0.717, 1.165) is 23.5 Å². The molecule has 4 rings (SSSR count). The Balaban J connectivity index is 1.57. The van der Waals surface area contributed by atoms with Gasteiger partial charge in [0.25, 0.3) is 11.6 Å². The molecule has 0 aliphatic carbocycles. The van der Waals surface area contributed by atoms with Crippen LogP contribution in [0.25, 0.3) is 11.6 Å². The van der Waals surface area contributed by atoms with E-state index in [1.807, 2.05) is 6.07 Å². The van der Waals surface area contributed by atoms with Crippen molar-refractivity contribution in [2.75, 3.05) is 12.4 Å². The number of nitrogens with one attached hydrogen (secondary N) is 1. The fourth-order valence-electron chi connectivity index (χ4n) is 3.28. The SMILES string of the molecule is COc1cc(C=C(C#N)c2nnc(NC(=O)c3ccccc3)s2)ccc1OS(=O)(=O)c1ccccc1[N+](=O)[O-]. The highest BCUT2D eigenvalue weighted by Gasteiger charge is 2.28. The molecule has 0 spiro atoms. The van der Waals surface area contributed by atoms with Crippen molar-refractivity contribution in [2.45, 2.75) is 4.90 Å². The van der Waals surface area contributed by atoms with Crippen LogP contribution in [0.3, 0.4) is 0 Å². The number of anilines is 1. The summed E-state index contributed by atoms with van der Waals surface area (Å²) in [6.45, 7) is 0. The number of allylic oxidation sites excluding steroid dienone is 1. The van der Waals surface area contributed by atoms with E-state index in [-0.39, 0.29) is 33.1 Å². The Hall–Kier alpha value is -5.13. The average Bonchev–Trinajstić information content (AvgIpc) is 3.40. The molecule has 196 valence electrons. The lowest BCUT2D eigenvalue weighted by Gasteiger charge is -2.11. The Morgan fingerprint density at radius 3 is 2.49 bits per heavy atom. The third kappa shape index (κ3) is 6.24. The molecule has 4 aromatic rings. The van der Waals surface area contributed by atoms with Gasteiger partial charge in [-0.05, 0) is 42.0 Å². The summed E-state index contributed by atoms with van der Waals surface area (Å²) in [6.07, 6.45) is 1.46. The summed E-state index contributed by atoms with van der Waals surface area (Å²) in [7, 11) is -3.29. The number of nitro benzene ring substituents is 1. The largest absolute Gasteiger partial charge is 0.493 e. The number of benzene rings is 3. The van der Waals surface area contributed by atoms with Gasteiger partial charge in [-0.25, -0.2) is 0 Å². The number of hydrogen-bond acceptors (Lipinski definition) is 11. The zero-order valence-electron chi connectivity index (χ0n) is 20.0. The van der Waals surface area contributed by atoms with Crippen molar-refractivity contribution < 1.29 is 27.1 Å². The number of carbonyl (C=O) groups is 1. The number of nitriles is 1. The van der Waals surface area contributed by atoms with E-state index in [9.17, 15) is 28.6 Å². The molecule has 1 amide bonds. The van der Waals surface area contributed by atoms with Gasteiger partial charge in [-0.3, -0.25) is 20.2 Å². The van der Waals surface area contributed by atoms with Gasteiger partial charge in [-0.2, -0.15) is 13.7 Å². The molecular weight excluding hydrogens is 546 g/mol. The maximum Gasteiger partial charge on any atom is 0.346 e. The Morgan fingerprint density at radius 2 is 1.79 bits per heavy atom. The highest BCUT2D eigenvalue weighted by molar-refractivity contribution is 7.87. The van der Waals surface area contributed by atoms with Crippen LogP contribution >= 0.6 is 11.3 Å². The van der Waals surface area contributed by atoms with Crippen molar-refractivity contribution in [3.63, 3.8) is 0 Å². The number of aromatic nitrogens is 2. The first-order valence-corrected chi connectivity index (χ1v) is 13.1. The number of methoxy groups -OCH3 is 1. The molecule has 39 heavy (non-hydrogen) atoms. The second kappa shape index (κ2) is 11.5. The lowest BCUT2D eigenvalue weighted by molar-refractivity contribution is -0.387. The molecule has 12 nitrogen and oxygen atoms in total. The third-order valence-corrected chi connectivity index (χ3v) is 7.22. The van der Waals surface area contributed by atoms with Crippen LogP contribution in [0.15, 0.2) is 77.7 Å². The number of nitrogens with zero attached hydrogens (tertiary/aromatic N) is 4. The maximum atomic E-state index is 12.8. The first kappa shape index (κ1) is 26.9. The van der Waals surface area contributed by atoms with Gasteiger partial charge in [-0.15, -0.1) is 10.2 Å². The maximum absolute atomic E-state index is 12.8. The molecule has 0 saturated carbocycles. The molecule has 0 aliphatic rings. The molecule has 1 aromatic heterocycles. The summed E-state index contributed by atoms with van der Waals surface area (Å²) in [4.78, 5) is 22.2. The lowest BCUT2D eigenvalue weighted by Crippen LogP contribution is -2.12. The molecule has 0 radical (unpaired) electrons. The van der Waals surface area contributed by atoms with Crippen molar-refractivity contribution in [2.24, 2.45) is 0 Å². The minimum absolute atomic E-state index is 0.00345. The molecule has 1 heterocycles. The fourth-order valence-corrected chi connectivity index (χ4v) is 5.09. The monoisotopic (exact) mass is 563 g/mol. The van der Waals surface area contributed by atoms with Crippen LogP contribution in [0.5, 0.6) is 11.5 Å². The first-order valence-electron chi connectivity index (χ1n) is 10.9. The number of amides is 1. The molecule has 3 aromatic carbocycles. The van der Waals surface area contributed by atoms with Crippen molar-refractivity contribution in [3.05, 3.63) is 99.0 Å². The highest BCUT2D eigenvalue weighted by Crippen LogP contribution is 2.34. The summed E-state index contributed by atoms with van der Waals surface area (Å²) in [5.74, 6) is -0.596. The van der Waals surface area contributed by atoms with Gasteiger partial charge in [0, 0.05) is 11.6 Å². The molecule has 0 bridgehead atoms. The van der Waals surface area contributed by atoms with E-state index in [1.54, 1.807) is 30.3 Å². The predicted octanol–water partition coefficient (Wildman–Crippen LogP) is 4.54. The van der Waals surface area contributed by atoms with E-state index < -0.39 is 25.6 Å². The Kier molecular flexibility index (Phi) is 7.94. The molecule has 0 aliphatic heterocycles. The van der Waals surface area contributed by atoms with E-state index in [1.165, 1.54) is 43.5 Å². The summed E-state index contributed by atoms with van der Waals surface area (Å²) in [5.41, 5.74) is 0.356. The van der Waals surface area contributed by atoms with E-state index in [2.05, 4.69) is 15.5 Å². The fraction of sp³-hybridized carbons (Fsp3) is 0.0400. The van der Waals surface area contributed by atoms with Gasteiger partial charge >= 0.3 is 10.1 Å². The first-order chi connectivity index (χ1) is 18.7. The van der Waals surface area contributed by atoms with E-state index >= 15 is 0 Å². The smallest absolute Gasteiger partial charge is 0.346 e. The van der Waals surface area contributed by atoms with Crippen molar-refractivity contribution >= 4 is 49.8 Å². The zero-order valence-corrected chi connectivity index (χ0v) is 21.6. The second-order valence-electron chi connectivity index (χ2n) is 7.57. The zero-order chi connectivity index (χ0) is 28.0. The normalized spacial score (nSPS) is 11.3. The van der Waals surface area contributed by atoms with Crippen molar-refractivity contribution in [3.8, 4) is 17.6 Å². The standard InChI is InChI=1S/C25H17N5O7S2/c1-36-21-14-16(11-12-20(21)37-39(34,35)22-10-6-5-9-19(22)30(32)33)13-18(15-26)24-28-29-25(38-24)27-23(31)17-7-3-2-4-8-17/h2-14H,1H3,(H,27,29,31). The molecule has 0 unspecified atom stereocenters. The van der Waals surface area contributed by atoms with Crippen LogP contribution in [0, 0.1) is 21.4 Å². The molecule has 1 N–H and O–H groups in total. The van der Waals surface area contributed by atoms with E-state index in [0.29, 0.717) is 11.1 Å². The van der Waals surface area contributed by atoms with Crippen molar-refractivity contribution in [1.29, 1.82) is 5.26 Å². The summed E-state index contributed by atoms with van der Waals surface area (Å²) >= 11 is 0.995. The summed E-state index contributed by atoms with van der Waals surface area (Å²) in [6, 6.07) is 19.5. The quantitative estimate of drug-likeness (QED) is 0.132. The Bertz CT molecular complexity index is 1730. The summed E-state index contributed by atoms with van der Waals surface area (Å²) in [5, 5.41) is 31.9. The van der Waals surface area contributed by atoms with Gasteiger partial charge in [0.05, 0.1) is 17.6 Å².